The predicted molar refractivity (Wildman–Crippen MR) is 130 cm³/mol. The topological polar surface area (TPSA) is 73.2 Å². The fourth-order valence-electron chi connectivity index (χ4n) is 3.04. The lowest BCUT2D eigenvalue weighted by atomic mass is 10.2. The normalized spacial score (nSPS) is 11.1. The summed E-state index contributed by atoms with van der Waals surface area (Å²) >= 11 is 10.4. The summed E-state index contributed by atoms with van der Waals surface area (Å²) in [6, 6.07) is 7.38. The first-order valence-corrected chi connectivity index (χ1v) is 12.3. The predicted octanol–water partition coefficient (Wildman–Crippen LogP) is 5.42. The summed E-state index contributed by atoms with van der Waals surface area (Å²) in [5.41, 5.74) is 2.17. The van der Waals surface area contributed by atoms with Crippen LogP contribution in [-0.4, -0.2) is 28.3 Å². The van der Waals surface area contributed by atoms with Gasteiger partial charge in [0, 0.05) is 34.0 Å². The lowest BCUT2D eigenvalue weighted by Crippen LogP contribution is -2.21. The van der Waals surface area contributed by atoms with Crippen molar-refractivity contribution in [3.63, 3.8) is 0 Å². The van der Waals surface area contributed by atoms with E-state index in [-0.39, 0.29) is 17.2 Å². The molecular weight excluding hydrogens is 474 g/mol. The van der Waals surface area contributed by atoms with Crippen LogP contribution in [0.2, 0.25) is 5.02 Å². The molecule has 0 saturated heterocycles. The second-order valence-electron chi connectivity index (χ2n) is 6.70. The van der Waals surface area contributed by atoms with Gasteiger partial charge in [-0.05, 0) is 30.0 Å². The van der Waals surface area contributed by atoms with Gasteiger partial charge in [-0.25, -0.2) is 4.98 Å². The van der Waals surface area contributed by atoms with E-state index in [2.05, 4.69) is 10.3 Å². The van der Waals surface area contributed by atoms with Crippen LogP contribution in [0.1, 0.15) is 5.56 Å². The number of benzene rings is 1. The van der Waals surface area contributed by atoms with E-state index in [0.29, 0.717) is 31.8 Å². The first kappa shape index (κ1) is 21.9. The summed E-state index contributed by atoms with van der Waals surface area (Å²) in [5, 5.41) is 8.45. The lowest BCUT2D eigenvalue weighted by molar-refractivity contribution is -0.113. The number of rotatable bonds is 6. The molecule has 0 radical (unpaired) electrons. The van der Waals surface area contributed by atoms with Gasteiger partial charge in [0.2, 0.25) is 5.91 Å². The Kier molecular flexibility index (Phi) is 6.38. The van der Waals surface area contributed by atoms with Crippen molar-refractivity contribution in [1.82, 2.24) is 9.55 Å². The number of methoxy groups -OCH3 is 1. The maximum Gasteiger partial charge on any atom is 0.263 e. The Morgan fingerprint density at radius 3 is 2.87 bits per heavy atom. The second-order valence-corrected chi connectivity index (χ2v) is 9.86. The molecule has 4 aromatic rings. The Hall–Kier alpha value is -2.33. The highest BCUT2D eigenvalue weighted by Gasteiger charge is 2.17. The number of hydrogen-bond donors (Lipinski definition) is 1. The maximum atomic E-state index is 13.0. The number of aryl methyl sites for hydroxylation is 1. The second kappa shape index (κ2) is 9.04. The van der Waals surface area contributed by atoms with E-state index in [4.69, 9.17) is 16.3 Å². The molecule has 0 aliphatic carbocycles. The number of anilines is 1. The van der Waals surface area contributed by atoms with Gasteiger partial charge in [0.25, 0.3) is 5.56 Å². The minimum absolute atomic E-state index is 0.0970. The minimum Gasteiger partial charge on any atom is -0.495 e. The van der Waals surface area contributed by atoms with Crippen LogP contribution < -0.4 is 15.6 Å². The molecule has 3 aromatic heterocycles. The number of thioether (sulfide) groups is 1. The first-order chi connectivity index (χ1) is 14.9. The number of amides is 1. The molecule has 1 N–H and O–H groups in total. The summed E-state index contributed by atoms with van der Waals surface area (Å²) in [6.45, 7) is 1.85. The van der Waals surface area contributed by atoms with E-state index in [1.807, 2.05) is 29.8 Å². The SMILES string of the molecule is COc1cc(Cl)c(C)cc1NC(=O)CSc1nc2scc(-c3cccs3)c2c(=O)n1C. The zero-order valence-corrected chi connectivity index (χ0v) is 20.1. The van der Waals surface area contributed by atoms with Gasteiger partial charge in [0.05, 0.1) is 23.9 Å². The number of ether oxygens (including phenoxy) is 1. The van der Waals surface area contributed by atoms with Gasteiger partial charge in [-0.15, -0.1) is 22.7 Å². The maximum absolute atomic E-state index is 13.0. The minimum atomic E-state index is -0.232. The van der Waals surface area contributed by atoms with Crippen molar-refractivity contribution >= 4 is 67.8 Å². The van der Waals surface area contributed by atoms with Gasteiger partial charge in [-0.2, -0.15) is 0 Å². The number of thiophene rings is 2. The van der Waals surface area contributed by atoms with Crippen LogP contribution in [0.5, 0.6) is 5.75 Å². The van der Waals surface area contributed by atoms with Crippen molar-refractivity contribution < 1.29 is 9.53 Å². The fraction of sp³-hybridized carbons (Fsp3) is 0.190. The van der Waals surface area contributed by atoms with Crippen LogP contribution in [0.25, 0.3) is 20.7 Å². The summed E-state index contributed by atoms with van der Waals surface area (Å²) in [5.74, 6) is 0.352. The van der Waals surface area contributed by atoms with Crippen LogP contribution in [0.15, 0.2) is 45.0 Å². The third kappa shape index (κ3) is 4.36. The number of nitrogens with zero attached hydrogens (tertiary/aromatic N) is 2. The van der Waals surface area contributed by atoms with Crippen LogP contribution >= 0.6 is 46.0 Å². The molecular formula is C21H18ClN3O3S3. The molecule has 0 spiro atoms. The Morgan fingerprint density at radius 2 is 2.16 bits per heavy atom. The van der Waals surface area contributed by atoms with E-state index in [0.717, 1.165) is 16.0 Å². The molecule has 6 nitrogen and oxygen atoms in total. The number of nitrogens with one attached hydrogen (secondary N) is 1. The van der Waals surface area contributed by atoms with Crippen LogP contribution in [0, 0.1) is 6.92 Å². The van der Waals surface area contributed by atoms with Crippen molar-refractivity contribution in [2.45, 2.75) is 12.1 Å². The van der Waals surface area contributed by atoms with E-state index in [9.17, 15) is 9.59 Å². The number of halogens is 1. The molecule has 4 rings (SSSR count). The Labute approximate surface area is 195 Å². The average molecular weight is 492 g/mol. The van der Waals surface area contributed by atoms with Crippen molar-refractivity contribution in [1.29, 1.82) is 0 Å². The van der Waals surface area contributed by atoms with Crippen molar-refractivity contribution in [3.8, 4) is 16.2 Å². The van der Waals surface area contributed by atoms with Gasteiger partial charge in [0.15, 0.2) is 5.16 Å². The number of hydrogen-bond acceptors (Lipinski definition) is 7. The monoisotopic (exact) mass is 491 g/mol. The number of carbonyl (C=O) groups excluding carboxylic acids is 1. The molecule has 31 heavy (non-hydrogen) atoms. The molecule has 0 atom stereocenters. The smallest absolute Gasteiger partial charge is 0.263 e. The van der Waals surface area contributed by atoms with Gasteiger partial charge in [0.1, 0.15) is 10.6 Å². The average Bonchev–Trinajstić information content (AvgIpc) is 3.41. The van der Waals surface area contributed by atoms with Crippen LogP contribution in [0.4, 0.5) is 5.69 Å². The molecule has 0 aliphatic rings. The molecule has 160 valence electrons. The number of aromatic nitrogens is 2. The van der Waals surface area contributed by atoms with E-state index >= 15 is 0 Å². The number of fused-ring (bicyclic) bond motifs is 1. The fourth-order valence-corrected chi connectivity index (χ4v) is 5.77. The zero-order chi connectivity index (χ0) is 22.1. The lowest BCUT2D eigenvalue weighted by Gasteiger charge is -2.12. The van der Waals surface area contributed by atoms with Gasteiger partial charge in [-0.3, -0.25) is 14.2 Å². The largest absolute Gasteiger partial charge is 0.495 e. The Morgan fingerprint density at radius 1 is 1.35 bits per heavy atom. The standard InChI is InChI=1S/C21H18ClN3O3S3/c1-11-7-14(15(28-3)8-13(11)22)23-17(26)10-31-21-24-19-18(20(27)25(21)2)12(9-30-19)16-5-4-6-29-16/h4-9H,10H2,1-3H3,(H,23,26). The Balaban J connectivity index is 1.55. The van der Waals surface area contributed by atoms with Crippen molar-refractivity contribution in [2.24, 2.45) is 7.05 Å². The molecule has 3 heterocycles. The molecule has 10 heteroatoms. The molecule has 0 aliphatic heterocycles. The molecule has 1 amide bonds. The quantitative estimate of drug-likeness (QED) is 0.288. The number of carbonyl (C=O) groups is 1. The van der Waals surface area contributed by atoms with Gasteiger partial charge >= 0.3 is 0 Å². The summed E-state index contributed by atoms with van der Waals surface area (Å²) in [6.07, 6.45) is 0. The van der Waals surface area contributed by atoms with Crippen LogP contribution in [0.3, 0.4) is 0 Å². The van der Waals surface area contributed by atoms with Crippen molar-refractivity contribution in [2.75, 3.05) is 18.2 Å². The molecule has 0 unspecified atom stereocenters. The van der Waals surface area contributed by atoms with Gasteiger partial charge in [-0.1, -0.05) is 29.4 Å². The molecule has 0 bridgehead atoms. The zero-order valence-electron chi connectivity index (χ0n) is 16.9. The highest BCUT2D eigenvalue weighted by atomic mass is 35.5. The highest BCUT2D eigenvalue weighted by molar-refractivity contribution is 7.99. The van der Waals surface area contributed by atoms with E-state index in [1.54, 1.807) is 30.5 Å². The third-order valence-electron chi connectivity index (χ3n) is 4.65. The van der Waals surface area contributed by atoms with E-state index < -0.39 is 0 Å². The van der Waals surface area contributed by atoms with Gasteiger partial charge < -0.3 is 10.1 Å². The molecule has 0 saturated carbocycles. The first-order valence-electron chi connectivity index (χ1n) is 9.18. The summed E-state index contributed by atoms with van der Waals surface area (Å²) < 4.78 is 6.80. The van der Waals surface area contributed by atoms with Crippen molar-refractivity contribution in [3.05, 3.63) is 56.0 Å². The third-order valence-corrected chi connectivity index (χ3v) is 7.86. The molecule has 1 aromatic carbocycles. The van der Waals surface area contributed by atoms with E-state index in [1.165, 1.54) is 34.8 Å². The Bertz CT molecular complexity index is 1330. The highest BCUT2D eigenvalue weighted by Crippen LogP contribution is 2.35. The molecule has 0 fully saturated rings. The summed E-state index contributed by atoms with van der Waals surface area (Å²) in [4.78, 5) is 31.9. The summed E-state index contributed by atoms with van der Waals surface area (Å²) in [7, 11) is 3.20. The van der Waals surface area contributed by atoms with Crippen LogP contribution in [-0.2, 0) is 11.8 Å².